The molecule has 22 heavy (non-hydrogen) atoms. The molecule has 0 heterocycles. The summed E-state index contributed by atoms with van der Waals surface area (Å²) in [6.07, 6.45) is 6.22. The van der Waals surface area contributed by atoms with Crippen LogP contribution in [0.15, 0.2) is 24.3 Å². The molecule has 1 amide bonds. The number of nitrogens with two attached hydrogens (primary N) is 1. The molecule has 0 aromatic heterocycles. The molecule has 1 aliphatic rings. The Kier molecular flexibility index (Phi) is 5.63. The van der Waals surface area contributed by atoms with Crippen molar-refractivity contribution in [3.05, 3.63) is 35.4 Å². The summed E-state index contributed by atoms with van der Waals surface area (Å²) in [4.78, 5) is 12.9. The fourth-order valence-corrected chi connectivity index (χ4v) is 3.65. The molecule has 1 aliphatic carbocycles. The summed E-state index contributed by atoms with van der Waals surface area (Å²) in [5.41, 5.74) is 7.66. The van der Waals surface area contributed by atoms with Gasteiger partial charge in [0.1, 0.15) is 0 Å². The van der Waals surface area contributed by atoms with Crippen LogP contribution in [0.3, 0.4) is 0 Å². The first-order valence-electron chi connectivity index (χ1n) is 8.54. The number of nitrogens with one attached hydrogen (secondary N) is 1. The number of aryl methyl sites for hydroxylation is 1. The molecular weight excluding hydrogens is 272 g/mol. The lowest BCUT2D eigenvalue weighted by atomic mass is 9.79. The Morgan fingerprint density at radius 1 is 1.27 bits per heavy atom. The molecule has 122 valence electrons. The van der Waals surface area contributed by atoms with Crippen LogP contribution in [-0.4, -0.2) is 18.5 Å². The Balaban J connectivity index is 2.10. The molecule has 0 aliphatic heterocycles. The smallest absolute Gasteiger partial charge is 0.230 e. The molecular formula is C19H30N2O. The van der Waals surface area contributed by atoms with E-state index in [4.69, 9.17) is 5.73 Å². The van der Waals surface area contributed by atoms with Gasteiger partial charge in [-0.2, -0.15) is 0 Å². The Morgan fingerprint density at radius 2 is 1.91 bits per heavy atom. The van der Waals surface area contributed by atoms with Gasteiger partial charge >= 0.3 is 0 Å². The lowest BCUT2D eigenvalue weighted by Crippen LogP contribution is -2.51. The highest BCUT2D eigenvalue weighted by Gasteiger charge is 2.34. The van der Waals surface area contributed by atoms with E-state index in [0.717, 1.165) is 11.1 Å². The number of hydrogen-bond acceptors (Lipinski definition) is 2. The van der Waals surface area contributed by atoms with Crippen molar-refractivity contribution in [3.63, 3.8) is 0 Å². The number of amides is 1. The minimum atomic E-state index is -0.534. The van der Waals surface area contributed by atoms with E-state index in [9.17, 15) is 4.79 Å². The van der Waals surface area contributed by atoms with Gasteiger partial charge < -0.3 is 11.1 Å². The first-order valence-corrected chi connectivity index (χ1v) is 8.54. The van der Waals surface area contributed by atoms with Crippen LogP contribution in [-0.2, 0) is 10.2 Å². The molecule has 3 nitrogen and oxygen atoms in total. The minimum absolute atomic E-state index is 0.0859. The van der Waals surface area contributed by atoms with Crippen molar-refractivity contribution in [2.75, 3.05) is 6.54 Å². The number of rotatable bonds is 5. The van der Waals surface area contributed by atoms with Gasteiger partial charge in [-0.1, -0.05) is 43.5 Å². The lowest BCUT2D eigenvalue weighted by Gasteiger charge is -2.34. The lowest BCUT2D eigenvalue weighted by molar-refractivity contribution is -0.126. The van der Waals surface area contributed by atoms with Gasteiger partial charge in [0.05, 0.1) is 5.41 Å². The number of carbonyl (C=O) groups is 1. The van der Waals surface area contributed by atoms with Crippen LogP contribution in [0.1, 0.15) is 57.1 Å². The summed E-state index contributed by atoms with van der Waals surface area (Å²) in [5, 5.41) is 3.24. The summed E-state index contributed by atoms with van der Waals surface area (Å²) in [7, 11) is 0. The number of benzene rings is 1. The second-order valence-electron chi connectivity index (χ2n) is 7.15. The number of hydrogen-bond donors (Lipinski definition) is 2. The van der Waals surface area contributed by atoms with Crippen molar-refractivity contribution in [2.45, 2.75) is 64.3 Å². The maximum Gasteiger partial charge on any atom is 0.230 e. The molecule has 1 aromatic rings. The Bertz CT molecular complexity index is 504. The summed E-state index contributed by atoms with van der Waals surface area (Å²) in [6, 6.07) is 8.23. The fourth-order valence-electron chi connectivity index (χ4n) is 3.65. The Labute approximate surface area is 134 Å². The molecule has 1 atom stereocenters. The second-order valence-corrected chi connectivity index (χ2v) is 7.15. The monoisotopic (exact) mass is 302 g/mol. The zero-order chi connectivity index (χ0) is 16.2. The zero-order valence-electron chi connectivity index (χ0n) is 14.2. The average Bonchev–Trinajstić information content (AvgIpc) is 2.53. The van der Waals surface area contributed by atoms with Gasteiger partial charge in [-0.05, 0) is 50.7 Å². The first kappa shape index (κ1) is 17.0. The van der Waals surface area contributed by atoms with Crippen LogP contribution in [0.2, 0.25) is 0 Å². The molecule has 2 rings (SSSR count). The van der Waals surface area contributed by atoms with E-state index in [-0.39, 0.29) is 11.9 Å². The molecule has 0 radical (unpaired) electrons. The van der Waals surface area contributed by atoms with Gasteiger partial charge in [0.25, 0.3) is 0 Å². The van der Waals surface area contributed by atoms with Crippen LogP contribution < -0.4 is 11.1 Å². The van der Waals surface area contributed by atoms with Crippen molar-refractivity contribution in [3.8, 4) is 0 Å². The largest absolute Gasteiger partial charge is 0.351 e. The Hall–Kier alpha value is -1.35. The summed E-state index contributed by atoms with van der Waals surface area (Å²) in [5.74, 6) is 0.623. The van der Waals surface area contributed by atoms with Crippen molar-refractivity contribution in [2.24, 2.45) is 11.7 Å². The molecule has 3 N–H and O–H groups in total. The van der Waals surface area contributed by atoms with E-state index in [2.05, 4.69) is 18.3 Å². The molecule has 3 heteroatoms. The van der Waals surface area contributed by atoms with E-state index in [1.165, 1.54) is 32.1 Å². The Morgan fingerprint density at radius 3 is 2.50 bits per heavy atom. The third kappa shape index (κ3) is 3.70. The molecule has 1 aromatic carbocycles. The fraction of sp³-hybridized carbons (Fsp3) is 0.632. The van der Waals surface area contributed by atoms with Crippen LogP contribution >= 0.6 is 0 Å². The third-order valence-electron chi connectivity index (χ3n) is 5.18. The van der Waals surface area contributed by atoms with Gasteiger partial charge in [-0.25, -0.2) is 0 Å². The topological polar surface area (TPSA) is 55.1 Å². The van der Waals surface area contributed by atoms with Crippen molar-refractivity contribution in [1.29, 1.82) is 0 Å². The molecule has 0 spiro atoms. The van der Waals surface area contributed by atoms with E-state index in [0.29, 0.717) is 12.5 Å². The summed E-state index contributed by atoms with van der Waals surface area (Å²) in [6.45, 7) is 6.59. The molecule has 1 fully saturated rings. The molecule has 0 saturated heterocycles. The van der Waals surface area contributed by atoms with Gasteiger partial charge in [0.15, 0.2) is 0 Å². The molecule has 1 saturated carbocycles. The highest BCUT2D eigenvalue weighted by atomic mass is 16.2. The quantitative estimate of drug-likeness (QED) is 0.877. The summed E-state index contributed by atoms with van der Waals surface area (Å²) >= 11 is 0. The van der Waals surface area contributed by atoms with E-state index in [1.54, 1.807) is 0 Å². The standard InChI is InChI=1S/C19H30N2O/c1-14-9-7-8-12-16(14)19(2,3)18(22)21-17(13-20)15-10-5-4-6-11-15/h7-9,12,15,17H,4-6,10-11,13,20H2,1-3H3,(H,21,22). The van der Waals surface area contributed by atoms with Gasteiger partial charge in [0, 0.05) is 12.6 Å². The predicted octanol–water partition coefficient (Wildman–Crippen LogP) is 3.30. The van der Waals surface area contributed by atoms with Gasteiger partial charge in [0.2, 0.25) is 5.91 Å². The average molecular weight is 302 g/mol. The SMILES string of the molecule is Cc1ccccc1C(C)(C)C(=O)NC(CN)C1CCCCC1. The second kappa shape index (κ2) is 7.28. The van der Waals surface area contributed by atoms with Crippen molar-refractivity contribution < 1.29 is 4.79 Å². The van der Waals surface area contributed by atoms with Gasteiger partial charge in [-0.3, -0.25) is 4.79 Å². The normalized spacial score (nSPS) is 18.0. The van der Waals surface area contributed by atoms with Crippen LogP contribution in [0.4, 0.5) is 0 Å². The third-order valence-corrected chi connectivity index (χ3v) is 5.18. The highest BCUT2D eigenvalue weighted by molar-refractivity contribution is 5.88. The van der Waals surface area contributed by atoms with Crippen molar-refractivity contribution in [1.82, 2.24) is 5.32 Å². The van der Waals surface area contributed by atoms with E-state index < -0.39 is 5.41 Å². The minimum Gasteiger partial charge on any atom is -0.351 e. The zero-order valence-corrected chi connectivity index (χ0v) is 14.2. The van der Waals surface area contributed by atoms with Crippen LogP contribution in [0.5, 0.6) is 0 Å². The van der Waals surface area contributed by atoms with E-state index in [1.807, 2.05) is 32.0 Å². The van der Waals surface area contributed by atoms with Crippen molar-refractivity contribution >= 4 is 5.91 Å². The van der Waals surface area contributed by atoms with Gasteiger partial charge in [-0.15, -0.1) is 0 Å². The van der Waals surface area contributed by atoms with E-state index >= 15 is 0 Å². The summed E-state index contributed by atoms with van der Waals surface area (Å²) < 4.78 is 0. The van der Waals surface area contributed by atoms with Crippen LogP contribution in [0, 0.1) is 12.8 Å². The first-order chi connectivity index (χ1) is 10.5. The number of carbonyl (C=O) groups excluding carboxylic acids is 1. The molecule has 1 unspecified atom stereocenters. The van der Waals surface area contributed by atoms with Crippen LogP contribution in [0.25, 0.3) is 0 Å². The maximum atomic E-state index is 12.9. The maximum absolute atomic E-state index is 12.9. The molecule has 0 bridgehead atoms. The predicted molar refractivity (Wildman–Crippen MR) is 91.8 cm³/mol. The highest BCUT2D eigenvalue weighted by Crippen LogP contribution is 2.29.